The average Bonchev–Trinajstić information content (AvgIpc) is 3.23. The van der Waals surface area contributed by atoms with Crippen LogP contribution >= 0.6 is 15.6 Å². The van der Waals surface area contributed by atoms with Crippen LogP contribution in [0, 0.1) is 0 Å². The summed E-state index contributed by atoms with van der Waals surface area (Å²) in [5.74, 6) is -1.22. The van der Waals surface area contributed by atoms with Crippen molar-refractivity contribution in [1.29, 1.82) is 0 Å². The van der Waals surface area contributed by atoms with Gasteiger partial charge in [0.25, 0.3) is 0 Å². The first-order valence-electron chi connectivity index (χ1n) is 23.9. The van der Waals surface area contributed by atoms with Crippen molar-refractivity contribution in [2.75, 3.05) is 13.2 Å². The summed E-state index contributed by atoms with van der Waals surface area (Å²) < 4.78 is 49.4. The molecule has 0 radical (unpaired) electrons. The van der Waals surface area contributed by atoms with Gasteiger partial charge in [0.2, 0.25) is 0 Å². The van der Waals surface area contributed by atoms with Gasteiger partial charge in [0, 0.05) is 12.8 Å². The van der Waals surface area contributed by atoms with Gasteiger partial charge in [-0.25, -0.2) is 9.13 Å². The lowest BCUT2D eigenvalue weighted by molar-refractivity contribution is -0.216. The highest BCUT2D eigenvalue weighted by Crippen LogP contribution is 2.49. The number of hydrogen-bond donors (Lipinski definition) is 7. The zero-order chi connectivity index (χ0) is 46.8. The van der Waals surface area contributed by atoms with Gasteiger partial charge in [-0.1, -0.05) is 141 Å². The monoisotopic (exact) mass is 943 g/mol. The van der Waals surface area contributed by atoms with E-state index in [1.165, 1.54) is 77.0 Å². The first kappa shape index (κ1) is 59.5. The molecule has 370 valence electrons. The normalized spacial score (nSPS) is 22.1. The first-order chi connectivity index (χ1) is 30.1. The summed E-state index contributed by atoms with van der Waals surface area (Å²) in [5.41, 5.74) is 0. The third kappa shape index (κ3) is 31.2. The van der Waals surface area contributed by atoms with Gasteiger partial charge in [0.1, 0.15) is 43.2 Å². The predicted molar refractivity (Wildman–Crippen MR) is 241 cm³/mol. The highest BCUT2D eigenvalue weighted by Gasteiger charge is 2.54. The van der Waals surface area contributed by atoms with Gasteiger partial charge in [-0.2, -0.15) is 0 Å². The van der Waals surface area contributed by atoms with E-state index in [1.54, 1.807) is 0 Å². The summed E-state index contributed by atoms with van der Waals surface area (Å²) in [6, 6.07) is 0. The molecule has 0 heterocycles. The minimum absolute atomic E-state index is 0.0342. The fourth-order valence-electron chi connectivity index (χ4n) is 7.25. The van der Waals surface area contributed by atoms with Crippen molar-refractivity contribution in [3.05, 3.63) is 24.3 Å². The van der Waals surface area contributed by atoms with E-state index in [2.05, 4.69) is 42.7 Å². The third-order valence-corrected chi connectivity index (χ3v) is 12.5. The minimum atomic E-state index is -5.36. The highest BCUT2D eigenvalue weighted by atomic mass is 31.2. The maximum absolute atomic E-state index is 13.0. The lowest BCUT2D eigenvalue weighted by atomic mass is 9.85. The van der Waals surface area contributed by atoms with Gasteiger partial charge in [-0.3, -0.25) is 23.2 Å². The number of allylic oxidation sites excluding steroid dienone is 4. The van der Waals surface area contributed by atoms with E-state index in [0.29, 0.717) is 12.8 Å². The van der Waals surface area contributed by atoms with Gasteiger partial charge in [0.15, 0.2) is 6.10 Å². The third-order valence-electron chi connectivity index (χ3n) is 11.0. The molecular weight excluding hydrogens is 858 g/mol. The molecule has 5 unspecified atom stereocenters. The van der Waals surface area contributed by atoms with Crippen LogP contribution in [0.15, 0.2) is 24.3 Å². The number of carbonyl (C=O) groups excluding carboxylic acids is 2. The van der Waals surface area contributed by atoms with Crippen molar-refractivity contribution < 1.29 is 76.9 Å². The standard InChI is InChI=1S/C45H84O16P2/c1-3-5-7-9-11-13-15-17-19-21-23-25-27-29-31-33-38(46)57-35-37(59-39(47)34-32-30-28-26-24-22-20-18-16-14-12-10-8-6-4-2)36-58-63(55,56)61-45-42(50)40(48)41(49)44(43(45)51)60-62(52,53)54/h17-20,37,40-45,48-51H,3-16,21-36H2,1-2H3,(H,55,56)(H2,52,53,54)/b19-17-,20-18-/t37-,40-,41?,42?,43?,44?,45-/m1/s1. The van der Waals surface area contributed by atoms with E-state index in [1.807, 2.05) is 0 Å². The van der Waals surface area contributed by atoms with Gasteiger partial charge >= 0.3 is 27.6 Å². The number of ether oxygens (including phenoxy) is 2. The van der Waals surface area contributed by atoms with Gasteiger partial charge in [0.05, 0.1) is 6.61 Å². The second-order valence-electron chi connectivity index (χ2n) is 16.8. The number of esters is 2. The van der Waals surface area contributed by atoms with Crippen LogP contribution in [0.25, 0.3) is 0 Å². The number of aliphatic hydroxyl groups is 4. The molecule has 0 bridgehead atoms. The van der Waals surface area contributed by atoms with Crippen LogP contribution in [0.1, 0.15) is 194 Å². The summed E-state index contributed by atoms with van der Waals surface area (Å²) in [7, 11) is -10.7. The smallest absolute Gasteiger partial charge is 0.462 e. The van der Waals surface area contributed by atoms with Crippen LogP contribution in [0.2, 0.25) is 0 Å². The van der Waals surface area contributed by atoms with Crippen molar-refractivity contribution in [2.45, 2.75) is 236 Å². The van der Waals surface area contributed by atoms with E-state index >= 15 is 0 Å². The molecule has 0 amide bonds. The fourth-order valence-corrected chi connectivity index (χ4v) is 8.79. The number of aliphatic hydroxyl groups excluding tert-OH is 4. The van der Waals surface area contributed by atoms with Crippen LogP contribution in [0.5, 0.6) is 0 Å². The summed E-state index contributed by atoms with van der Waals surface area (Å²) in [6.07, 6.45) is 22.8. The Kier molecular flexibility index (Phi) is 34.5. The summed E-state index contributed by atoms with van der Waals surface area (Å²) in [4.78, 5) is 54.2. The van der Waals surface area contributed by atoms with Crippen molar-refractivity contribution in [3.8, 4) is 0 Å². The number of unbranched alkanes of at least 4 members (excludes halogenated alkanes) is 22. The van der Waals surface area contributed by atoms with Crippen LogP contribution in [-0.4, -0.2) is 103 Å². The van der Waals surface area contributed by atoms with Crippen molar-refractivity contribution in [1.82, 2.24) is 0 Å². The maximum Gasteiger partial charge on any atom is 0.472 e. The molecule has 1 rings (SSSR count). The topological polar surface area (TPSA) is 256 Å². The lowest BCUT2D eigenvalue weighted by Gasteiger charge is -2.43. The Morgan fingerprint density at radius 3 is 1.30 bits per heavy atom. The average molecular weight is 943 g/mol. The largest absolute Gasteiger partial charge is 0.472 e. The molecule has 63 heavy (non-hydrogen) atoms. The quantitative estimate of drug-likeness (QED) is 0.0131. The second kappa shape index (κ2) is 36.6. The van der Waals surface area contributed by atoms with Crippen LogP contribution in [0.3, 0.4) is 0 Å². The van der Waals surface area contributed by atoms with Gasteiger partial charge in [-0.15, -0.1) is 0 Å². The Labute approximate surface area is 377 Å². The molecule has 16 nitrogen and oxygen atoms in total. The van der Waals surface area contributed by atoms with Crippen molar-refractivity contribution in [3.63, 3.8) is 0 Å². The Balaban J connectivity index is 2.60. The first-order valence-corrected chi connectivity index (χ1v) is 26.9. The molecule has 0 spiro atoms. The van der Waals surface area contributed by atoms with Crippen molar-refractivity contribution >= 4 is 27.6 Å². The zero-order valence-corrected chi connectivity index (χ0v) is 40.1. The molecule has 7 N–H and O–H groups in total. The molecule has 0 aromatic heterocycles. The molecule has 0 aliphatic heterocycles. The molecule has 1 aliphatic carbocycles. The molecule has 18 heteroatoms. The maximum atomic E-state index is 13.0. The molecule has 1 aliphatic rings. The number of phosphoric ester groups is 2. The summed E-state index contributed by atoms with van der Waals surface area (Å²) in [5, 5.41) is 41.2. The van der Waals surface area contributed by atoms with E-state index in [0.717, 1.165) is 77.0 Å². The fraction of sp³-hybridized carbons (Fsp3) is 0.867. The molecule has 8 atom stereocenters. The number of rotatable bonds is 40. The predicted octanol–water partition coefficient (Wildman–Crippen LogP) is 8.95. The Bertz CT molecular complexity index is 1330. The Hall–Kier alpha value is -1.52. The van der Waals surface area contributed by atoms with Crippen molar-refractivity contribution in [2.24, 2.45) is 0 Å². The minimum Gasteiger partial charge on any atom is -0.462 e. The van der Waals surface area contributed by atoms with Crippen LogP contribution in [-0.2, 0) is 41.8 Å². The van der Waals surface area contributed by atoms with E-state index < -0.39 is 83.5 Å². The SMILES string of the molecule is CCCCCCCC/C=C\CCCCCCCC(=O)OC[C@H](COP(=O)(O)O[C@H]1C(O)C(OP(=O)(O)O)C(O)[C@@H](O)C1O)OC(=O)CCCCCCC/C=C\CCCCCCCC. The molecule has 1 saturated carbocycles. The van der Waals surface area contributed by atoms with E-state index in [9.17, 15) is 44.0 Å². The molecule has 0 saturated heterocycles. The van der Waals surface area contributed by atoms with Gasteiger partial charge in [-0.05, 0) is 64.2 Å². The highest BCUT2D eigenvalue weighted by molar-refractivity contribution is 7.47. The molecular formula is C45H84O16P2. The zero-order valence-electron chi connectivity index (χ0n) is 38.3. The molecule has 1 fully saturated rings. The molecule has 0 aromatic carbocycles. The second-order valence-corrected chi connectivity index (χ2v) is 19.4. The van der Waals surface area contributed by atoms with Crippen LogP contribution in [0.4, 0.5) is 0 Å². The number of carbonyl (C=O) groups is 2. The van der Waals surface area contributed by atoms with E-state index in [4.69, 9.17) is 28.3 Å². The number of hydrogen-bond acceptors (Lipinski definition) is 13. The Morgan fingerprint density at radius 2 is 0.873 bits per heavy atom. The molecule has 0 aromatic rings. The Morgan fingerprint density at radius 1 is 0.492 bits per heavy atom. The summed E-state index contributed by atoms with van der Waals surface area (Å²) >= 11 is 0. The lowest BCUT2D eigenvalue weighted by Crippen LogP contribution is -2.64. The summed E-state index contributed by atoms with van der Waals surface area (Å²) in [6.45, 7) is 3.09. The number of phosphoric acid groups is 2. The van der Waals surface area contributed by atoms with Crippen LogP contribution < -0.4 is 0 Å². The van der Waals surface area contributed by atoms with E-state index in [-0.39, 0.29) is 12.8 Å². The van der Waals surface area contributed by atoms with Gasteiger partial charge < -0.3 is 44.6 Å².